The highest BCUT2D eigenvalue weighted by atomic mass is 16.6. The zero-order valence-electron chi connectivity index (χ0n) is 20.3. The van der Waals surface area contributed by atoms with Crippen LogP contribution in [-0.4, -0.2) is 72.2 Å². The lowest BCUT2D eigenvalue weighted by molar-refractivity contribution is -0.384. The van der Waals surface area contributed by atoms with Gasteiger partial charge in [-0.25, -0.2) is 0 Å². The number of anilines is 3. The molecule has 1 saturated heterocycles. The van der Waals surface area contributed by atoms with Crippen LogP contribution < -0.4 is 19.7 Å². The summed E-state index contributed by atoms with van der Waals surface area (Å²) >= 11 is 0. The SMILES string of the molecule is COc1ccc(CN=Nc2nc(Nc3ccc([N+](=O)[O-])cc3)nc(N3CCN(C)CC3)n2)cc1OC. The van der Waals surface area contributed by atoms with Crippen molar-refractivity contribution in [2.24, 2.45) is 10.2 Å². The number of rotatable bonds is 9. The number of piperazine rings is 1. The molecule has 1 aliphatic heterocycles. The summed E-state index contributed by atoms with van der Waals surface area (Å²) in [6.07, 6.45) is 0. The first-order valence-corrected chi connectivity index (χ1v) is 11.2. The molecule has 3 aromatic rings. The van der Waals surface area contributed by atoms with Gasteiger partial charge in [0.2, 0.25) is 11.9 Å². The number of azo groups is 1. The van der Waals surface area contributed by atoms with Gasteiger partial charge in [0.25, 0.3) is 11.6 Å². The monoisotopic (exact) mass is 493 g/mol. The lowest BCUT2D eigenvalue weighted by Gasteiger charge is -2.32. The van der Waals surface area contributed by atoms with Gasteiger partial charge in [0, 0.05) is 44.0 Å². The molecule has 0 amide bonds. The first kappa shape index (κ1) is 24.7. The molecule has 1 N–H and O–H groups in total. The van der Waals surface area contributed by atoms with Crippen molar-refractivity contribution in [1.29, 1.82) is 0 Å². The van der Waals surface area contributed by atoms with Crippen molar-refractivity contribution in [3.63, 3.8) is 0 Å². The molecule has 36 heavy (non-hydrogen) atoms. The normalized spacial score (nSPS) is 14.1. The van der Waals surface area contributed by atoms with Crippen LogP contribution >= 0.6 is 0 Å². The van der Waals surface area contributed by atoms with E-state index in [0.717, 1.165) is 31.7 Å². The van der Waals surface area contributed by atoms with Crippen LogP contribution in [0, 0.1) is 10.1 Å². The molecule has 1 aromatic heterocycles. The smallest absolute Gasteiger partial charge is 0.275 e. The fourth-order valence-electron chi connectivity index (χ4n) is 3.56. The third-order valence-electron chi connectivity index (χ3n) is 5.59. The Morgan fingerprint density at radius 3 is 2.39 bits per heavy atom. The first-order chi connectivity index (χ1) is 17.4. The Hall–Kier alpha value is -4.39. The van der Waals surface area contributed by atoms with Crippen LogP contribution in [0.1, 0.15) is 5.56 Å². The number of nitro benzene ring substituents is 1. The third-order valence-corrected chi connectivity index (χ3v) is 5.59. The van der Waals surface area contributed by atoms with Gasteiger partial charge in [0.1, 0.15) is 0 Å². The van der Waals surface area contributed by atoms with Gasteiger partial charge in [-0.15, -0.1) is 5.11 Å². The molecule has 0 spiro atoms. The molecule has 2 heterocycles. The van der Waals surface area contributed by atoms with Crippen molar-refractivity contribution in [1.82, 2.24) is 19.9 Å². The quantitative estimate of drug-likeness (QED) is 0.267. The molecule has 4 rings (SSSR count). The molecular formula is C23H27N9O4. The topological polar surface area (TPSA) is 143 Å². The highest BCUT2D eigenvalue weighted by Crippen LogP contribution is 2.28. The number of hydrogen-bond acceptors (Lipinski definition) is 12. The Morgan fingerprint density at radius 2 is 1.72 bits per heavy atom. The van der Waals surface area contributed by atoms with Crippen molar-refractivity contribution in [3.05, 3.63) is 58.1 Å². The van der Waals surface area contributed by atoms with E-state index in [1.54, 1.807) is 26.4 Å². The minimum atomic E-state index is -0.449. The predicted octanol–water partition coefficient (Wildman–Crippen LogP) is 3.58. The maximum Gasteiger partial charge on any atom is 0.275 e. The van der Waals surface area contributed by atoms with E-state index >= 15 is 0 Å². The molecule has 1 fully saturated rings. The van der Waals surface area contributed by atoms with Crippen molar-refractivity contribution in [3.8, 4) is 11.5 Å². The molecule has 0 radical (unpaired) electrons. The van der Waals surface area contributed by atoms with E-state index in [0.29, 0.717) is 29.7 Å². The summed E-state index contributed by atoms with van der Waals surface area (Å²) in [5.41, 5.74) is 1.48. The summed E-state index contributed by atoms with van der Waals surface area (Å²) in [7, 11) is 5.23. The van der Waals surface area contributed by atoms with Crippen molar-refractivity contribution < 1.29 is 14.4 Å². The summed E-state index contributed by atoms with van der Waals surface area (Å²) in [4.78, 5) is 28.2. The minimum Gasteiger partial charge on any atom is -0.493 e. The fourth-order valence-corrected chi connectivity index (χ4v) is 3.56. The molecule has 13 heteroatoms. The van der Waals surface area contributed by atoms with Gasteiger partial charge in [-0.05, 0) is 36.9 Å². The number of non-ortho nitro benzene ring substituents is 1. The van der Waals surface area contributed by atoms with E-state index in [2.05, 4.69) is 47.3 Å². The third kappa shape index (κ3) is 6.18. The molecule has 188 valence electrons. The van der Waals surface area contributed by atoms with Gasteiger partial charge >= 0.3 is 0 Å². The van der Waals surface area contributed by atoms with Crippen LogP contribution in [0.2, 0.25) is 0 Å². The maximum atomic E-state index is 10.9. The van der Waals surface area contributed by atoms with E-state index in [4.69, 9.17) is 9.47 Å². The lowest BCUT2D eigenvalue weighted by atomic mass is 10.2. The molecule has 1 aliphatic rings. The van der Waals surface area contributed by atoms with Crippen LogP contribution in [-0.2, 0) is 6.54 Å². The number of aromatic nitrogens is 3. The van der Waals surface area contributed by atoms with E-state index in [1.807, 2.05) is 18.2 Å². The average molecular weight is 494 g/mol. The number of benzene rings is 2. The summed E-state index contributed by atoms with van der Waals surface area (Å²) in [5.74, 6) is 2.16. The maximum absolute atomic E-state index is 10.9. The lowest BCUT2D eigenvalue weighted by Crippen LogP contribution is -2.45. The zero-order chi connectivity index (χ0) is 25.5. The molecule has 0 bridgehead atoms. The van der Waals surface area contributed by atoms with Crippen molar-refractivity contribution >= 4 is 29.2 Å². The molecule has 0 aliphatic carbocycles. The Kier molecular flexibility index (Phi) is 7.80. The molecule has 2 aromatic carbocycles. The fraction of sp³-hybridized carbons (Fsp3) is 0.348. The van der Waals surface area contributed by atoms with Gasteiger partial charge in [-0.1, -0.05) is 6.07 Å². The number of ether oxygens (including phenoxy) is 2. The Bertz CT molecular complexity index is 1230. The Morgan fingerprint density at radius 1 is 1.00 bits per heavy atom. The summed E-state index contributed by atoms with van der Waals surface area (Å²) < 4.78 is 10.6. The van der Waals surface area contributed by atoms with Gasteiger partial charge in [0.05, 0.1) is 25.7 Å². The number of methoxy groups -OCH3 is 2. The molecular weight excluding hydrogens is 466 g/mol. The van der Waals surface area contributed by atoms with Crippen LogP contribution in [0.25, 0.3) is 0 Å². The first-order valence-electron chi connectivity index (χ1n) is 11.2. The predicted molar refractivity (Wildman–Crippen MR) is 134 cm³/mol. The van der Waals surface area contributed by atoms with Gasteiger partial charge in [0.15, 0.2) is 11.5 Å². The summed E-state index contributed by atoms with van der Waals surface area (Å²) in [6.45, 7) is 3.58. The van der Waals surface area contributed by atoms with Gasteiger partial charge in [-0.2, -0.15) is 20.1 Å². The molecule has 0 unspecified atom stereocenters. The average Bonchev–Trinajstić information content (AvgIpc) is 2.89. The molecule has 0 saturated carbocycles. The number of nitrogens with zero attached hydrogens (tertiary/aromatic N) is 8. The van der Waals surface area contributed by atoms with Gasteiger partial charge in [-0.3, -0.25) is 10.1 Å². The molecule has 13 nitrogen and oxygen atoms in total. The number of hydrogen-bond donors (Lipinski definition) is 1. The Labute approximate surface area is 208 Å². The zero-order valence-corrected chi connectivity index (χ0v) is 20.3. The van der Waals surface area contributed by atoms with Crippen molar-refractivity contribution in [2.75, 3.05) is 57.7 Å². The van der Waals surface area contributed by atoms with E-state index in [-0.39, 0.29) is 17.6 Å². The highest BCUT2D eigenvalue weighted by Gasteiger charge is 2.19. The second kappa shape index (κ2) is 11.4. The van der Waals surface area contributed by atoms with Crippen LogP contribution in [0.5, 0.6) is 11.5 Å². The molecule has 0 atom stereocenters. The van der Waals surface area contributed by atoms with Gasteiger partial charge < -0.3 is 24.6 Å². The van der Waals surface area contributed by atoms with Crippen LogP contribution in [0.15, 0.2) is 52.7 Å². The second-order valence-corrected chi connectivity index (χ2v) is 8.07. The standard InChI is InChI=1S/C23H27N9O4/c1-30-10-12-31(13-11-30)23-27-21(25-17-5-7-18(8-6-17)32(33)34)26-22(28-23)29-24-15-16-4-9-19(35-2)20(14-16)36-3/h4-9,14H,10-13,15H2,1-3H3,(H,25,26,27,28). The summed E-state index contributed by atoms with van der Waals surface area (Å²) in [6, 6.07) is 11.5. The largest absolute Gasteiger partial charge is 0.493 e. The van der Waals surface area contributed by atoms with Crippen LogP contribution in [0.3, 0.4) is 0 Å². The highest BCUT2D eigenvalue weighted by molar-refractivity contribution is 5.57. The Balaban J connectivity index is 1.56. The van der Waals surface area contributed by atoms with E-state index in [1.165, 1.54) is 12.1 Å². The van der Waals surface area contributed by atoms with E-state index < -0.39 is 4.92 Å². The van der Waals surface area contributed by atoms with Crippen LogP contribution in [0.4, 0.5) is 29.2 Å². The van der Waals surface area contributed by atoms with E-state index in [9.17, 15) is 10.1 Å². The number of likely N-dealkylation sites (N-methyl/N-ethyl adjacent to an activating group) is 1. The second-order valence-electron chi connectivity index (χ2n) is 8.07. The number of nitrogens with one attached hydrogen (secondary N) is 1. The van der Waals surface area contributed by atoms with Crippen molar-refractivity contribution in [2.45, 2.75) is 6.54 Å². The minimum absolute atomic E-state index is 0.000950. The summed E-state index contributed by atoms with van der Waals surface area (Å²) in [5, 5.41) is 22.5. The number of nitro groups is 1.